The highest BCUT2D eigenvalue weighted by Crippen LogP contribution is 2.33. The van der Waals surface area contributed by atoms with Crippen molar-refractivity contribution in [2.24, 2.45) is 0 Å². The Hall–Kier alpha value is -2.29. The van der Waals surface area contributed by atoms with Gasteiger partial charge >= 0.3 is 0 Å². The summed E-state index contributed by atoms with van der Waals surface area (Å²) in [5.74, 6) is -0.456. The number of sulfone groups is 1. The number of benzene rings is 2. The van der Waals surface area contributed by atoms with E-state index >= 15 is 0 Å². The lowest BCUT2D eigenvalue weighted by Gasteiger charge is -2.22. The number of carbonyl (C=O) groups excluding carboxylic acids is 1. The van der Waals surface area contributed by atoms with Gasteiger partial charge in [0.05, 0.1) is 20.9 Å². The standard InChI is InChI=1S/C23H29N3O3S2/c1-16-6-10-19(11-7-16)31(28,29)15-12-20(27)26(14-13-25(4)5)23-24-21-17(2)8-9-18(3)22(21)30-23/h6-11H,12-15H2,1-5H3. The topological polar surface area (TPSA) is 70.6 Å². The molecule has 1 amide bonds. The molecule has 0 aliphatic heterocycles. The van der Waals surface area contributed by atoms with Crippen molar-refractivity contribution in [3.63, 3.8) is 0 Å². The Kier molecular flexibility index (Phi) is 7.13. The van der Waals surface area contributed by atoms with Crippen LogP contribution in [-0.2, 0) is 14.6 Å². The maximum Gasteiger partial charge on any atom is 0.229 e. The van der Waals surface area contributed by atoms with Gasteiger partial charge in [0, 0.05) is 19.5 Å². The fourth-order valence-corrected chi connectivity index (χ4v) is 5.60. The molecule has 0 bridgehead atoms. The van der Waals surface area contributed by atoms with Gasteiger partial charge in [0.1, 0.15) is 0 Å². The molecule has 0 saturated carbocycles. The molecule has 0 aliphatic rings. The SMILES string of the molecule is Cc1ccc(S(=O)(=O)CCC(=O)N(CCN(C)C)c2nc3c(C)ccc(C)c3s2)cc1. The van der Waals surface area contributed by atoms with Gasteiger partial charge in [-0.1, -0.05) is 41.2 Å². The lowest BCUT2D eigenvalue weighted by atomic mass is 10.1. The lowest BCUT2D eigenvalue weighted by molar-refractivity contribution is -0.118. The molecule has 0 saturated heterocycles. The Bertz CT molecular complexity index is 1140. The fourth-order valence-electron chi connectivity index (χ4n) is 3.21. The summed E-state index contributed by atoms with van der Waals surface area (Å²) < 4.78 is 26.5. The highest BCUT2D eigenvalue weighted by molar-refractivity contribution is 7.91. The first-order valence-corrected chi connectivity index (χ1v) is 12.7. The summed E-state index contributed by atoms with van der Waals surface area (Å²) in [6.07, 6.45) is -0.0858. The number of carbonyl (C=O) groups is 1. The number of rotatable bonds is 8. The van der Waals surface area contributed by atoms with Crippen molar-refractivity contribution in [3.05, 3.63) is 53.1 Å². The molecule has 0 aliphatic carbocycles. The number of likely N-dealkylation sites (N-methyl/N-ethyl adjacent to an activating group) is 1. The van der Waals surface area contributed by atoms with Gasteiger partial charge in [0.15, 0.2) is 15.0 Å². The highest BCUT2D eigenvalue weighted by atomic mass is 32.2. The van der Waals surface area contributed by atoms with Crippen molar-refractivity contribution in [2.75, 3.05) is 37.8 Å². The third kappa shape index (κ3) is 5.50. The summed E-state index contributed by atoms with van der Waals surface area (Å²) >= 11 is 1.48. The lowest BCUT2D eigenvalue weighted by Crippen LogP contribution is -2.37. The van der Waals surface area contributed by atoms with Crippen LogP contribution in [0.5, 0.6) is 0 Å². The summed E-state index contributed by atoms with van der Waals surface area (Å²) in [7, 11) is 0.351. The number of nitrogens with zero attached hydrogens (tertiary/aromatic N) is 3. The second-order valence-electron chi connectivity index (χ2n) is 8.10. The van der Waals surface area contributed by atoms with E-state index in [0.29, 0.717) is 18.2 Å². The minimum atomic E-state index is -3.53. The molecule has 0 spiro atoms. The van der Waals surface area contributed by atoms with E-state index < -0.39 is 9.84 Å². The molecule has 0 fully saturated rings. The molecule has 3 aromatic rings. The quantitative estimate of drug-likeness (QED) is 0.510. The fraction of sp³-hybridized carbons (Fsp3) is 0.391. The van der Waals surface area contributed by atoms with Crippen LogP contribution in [-0.4, -0.2) is 57.1 Å². The van der Waals surface area contributed by atoms with E-state index in [2.05, 4.69) is 6.07 Å². The van der Waals surface area contributed by atoms with Crippen molar-refractivity contribution in [1.29, 1.82) is 0 Å². The van der Waals surface area contributed by atoms with E-state index in [1.165, 1.54) is 11.3 Å². The molecule has 1 heterocycles. The van der Waals surface area contributed by atoms with Gasteiger partial charge in [0.25, 0.3) is 0 Å². The Balaban J connectivity index is 1.85. The zero-order chi connectivity index (χ0) is 22.8. The first-order valence-electron chi connectivity index (χ1n) is 10.2. The smallest absolute Gasteiger partial charge is 0.229 e. The number of anilines is 1. The molecule has 0 radical (unpaired) electrons. The van der Waals surface area contributed by atoms with Crippen molar-refractivity contribution in [1.82, 2.24) is 9.88 Å². The van der Waals surface area contributed by atoms with Crippen LogP contribution in [0, 0.1) is 20.8 Å². The molecule has 31 heavy (non-hydrogen) atoms. The van der Waals surface area contributed by atoms with Gasteiger partial charge in [0.2, 0.25) is 5.91 Å². The van der Waals surface area contributed by atoms with Gasteiger partial charge in [-0.15, -0.1) is 0 Å². The number of thiazole rings is 1. The highest BCUT2D eigenvalue weighted by Gasteiger charge is 2.24. The predicted octanol–water partition coefficient (Wildman–Crippen LogP) is 3.98. The Labute approximate surface area is 188 Å². The summed E-state index contributed by atoms with van der Waals surface area (Å²) in [5, 5.41) is 0.618. The number of hydrogen-bond donors (Lipinski definition) is 0. The molecule has 0 atom stereocenters. The van der Waals surface area contributed by atoms with Crippen LogP contribution in [0.15, 0.2) is 41.3 Å². The number of hydrogen-bond acceptors (Lipinski definition) is 6. The zero-order valence-corrected chi connectivity index (χ0v) is 20.3. The van der Waals surface area contributed by atoms with Crippen molar-refractivity contribution in [2.45, 2.75) is 32.1 Å². The van der Waals surface area contributed by atoms with Crippen LogP contribution in [0.4, 0.5) is 5.13 Å². The van der Waals surface area contributed by atoms with E-state index in [-0.39, 0.29) is 23.0 Å². The molecule has 8 heteroatoms. The van der Waals surface area contributed by atoms with Crippen LogP contribution >= 0.6 is 11.3 Å². The average Bonchev–Trinajstić information content (AvgIpc) is 3.16. The van der Waals surface area contributed by atoms with Crippen LogP contribution in [0.2, 0.25) is 0 Å². The first-order chi connectivity index (χ1) is 14.6. The molecule has 6 nitrogen and oxygen atoms in total. The van der Waals surface area contributed by atoms with Crippen LogP contribution in [0.3, 0.4) is 0 Å². The summed E-state index contributed by atoms with van der Waals surface area (Å²) in [6, 6.07) is 10.8. The maximum atomic E-state index is 13.1. The minimum absolute atomic E-state index is 0.0858. The van der Waals surface area contributed by atoms with Gasteiger partial charge in [-0.3, -0.25) is 9.69 Å². The van der Waals surface area contributed by atoms with Crippen LogP contribution < -0.4 is 4.90 Å². The minimum Gasteiger partial charge on any atom is -0.308 e. The van der Waals surface area contributed by atoms with Crippen LogP contribution in [0.25, 0.3) is 10.2 Å². The normalized spacial score (nSPS) is 11.9. The monoisotopic (exact) mass is 459 g/mol. The summed E-state index contributed by atoms with van der Waals surface area (Å²) in [5.41, 5.74) is 4.07. The third-order valence-electron chi connectivity index (χ3n) is 5.20. The second kappa shape index (κ2) is 9.46. The maximum absolute atomic E-state index is 13.1. The van der Waals surface area contributed by atoms with Crippen molar-refractivity contribution >= 4 is 42.4 Å². The number of amides is 1. The van der Waals surface area contributed by atoms with E-state index in [9.17, 15) is 13.2 Å². The van der Waals surface area contributed by atoms with Crippen molar-refractivity contribution < 1.29 is 13.2 Å². The summed E-state index contributed by atoms with van der Waals surface area (Å²) in [6.45, 7) is 7.05. The number of aromatic nitrogens is 1. The van der Waals surface area contributed by atoms with Gasteiger partial charge < -0.3 is 4.90 Å². The van der Waals surface area contributed by atoms with Gasteiger partial charge in [-0.2, -0.15) is 0 Å². The molecule has 166 valence electrons. The molecular weight excluding hydrogens is 430 g/mol. The van der Waals surface area contributed by atoms with Crippen LogP contribution in [0.1, 0.15) is 23.1 Å². The number of aryl methyl sites for hydroxylation is 3. The second-order valence-corrected chi connectivity index (χ2v) is 11.2. The largest absolute Gasteiger partial charge is 0.308 e. The number of fused-ring (bicyclic) bond motifs is 1. The molecule has 0 N–H and O–H groups in total. The Morgan fingerprint density at radius 1 is 0.968 bits per heavy atom. The van der Waals surface area contributed by atoms with Gasteiger partial charge in [-0.05, 0) is 58.1 Å². The average molecular weight is 460 g/mol. The van der Waals surface area contributed by atoms with Crippen molar-refractivity contribution in [3.8, 4) is 0 Å². The van der Waals surface area contributed by atoms with E-state index in [1.54, 1.807) is 29.2 Å². The van der Waals surface area contributed by atoms with E-state index in [1.807, 2.05) is 45.8 Å². The molecule has 1 aromatic heterocycles. The first kappa shape index (κ1) is 23.4. The molecular formula is C23H29N3O3S2. The van der Waals surface area contributed by atoms with E-state index in [4.69, 9.17) is 4.98 Å². The molecule has 3 rings (SSSR count). The predicted molar refractivity (Wildman–Crippen MR) is 128 cm³/mol. The summed E-state index contributed by atoms with van der Waals surface area (Å²) in [4.78, 5) is 21.8. The van der Waals surface area contributed by atoms with E-state index in [0.717, 1.165) is 26.9 Å². The molecule has 0 unspecified atom stereocenters. The zero-order valence-electron chi connectivity index (χ0n) is 18.7. The third-order valence-corrected chi connectivity index (χ3v) is 8.14. The van der Waals surface area contributed by atoms with Gasteiger partial charge in [-0.25, -0.2) is 13.4 Å². The molecule has 2 aromatic carbocycles. The Morgan fingerprint density at radius 2 is 1.61 bits per heavy atom. The Morgan fingerprint density at radius 3 is 2.23 bits per heavy atom.